The van der Waals surface area contributed by atoms with E-state index in [2.05, 4.69) is 19.9 Å². The molecule has 0 bridgehead atoms. The molecule has 0 saturated carbocycles. The van der Waals surface area contributed by atoms with E-state index in [4.69, 9.17) is 18.9 Å². The number of halogens is 6. The average Bonchev–Trinajstić information content (AvgIpc) is 3.74. The Bertz CT molecular complexity index is 1870. The largest absolute Gasteiger partial charge is 0.494 e. The highest BCUT2D eigenvalue weighted by Gasteiger charge is 2.40. The number of benzene rings is 2. The molecule has 0 spiro atoms. The third-order valence-electron chi connectivity index (χ3n) is 6.11. The number of aromatic nitrogens is 3. The number of carbonyl (C=O) groups excluding carboxylic acids is 2. The van der Waals surface area contributed by atoms with Crippen LogP contribution in [0.15, 0.2) is 47.0 Å². The number of hydrogen-bond acceptors (Lipinski definition) is 13. The summed E-state index contributed by atoms with van der Waals surface area (Å²) in [5, 5.41) is 24.3. The van der Waals surface area contributed by atoms with Gasteiger partial charge in [0.2, 0.25) is 15.9 Å². The predicted molar refractivity (Wildman–Crippen MR) is 164 cm³/mol. The zero-order chi connectivity index (χ0) is 37.5. The van der Waals surface area contributed by atoms with Crippen molar-refractivity contribution in [1.29, 1.82) is 0 Å². The first-order valence-corrected chi connectivity index (χ1v) is 14.8. The van der Waals surface area contributed by atoms with Crippen LogP contribution in [0.3, 0.4) is 0 Å². The maximum Gasteiger partial charge on any atom is 0.452 e. The van der Waals surface area contributed by atoms with Gasteiger partial charge in [-0.1, -0.05) is 16.5 Å². The van der Waals surface area contributed by atoms with E-state index in [0.29, 0.717) is 16.1 Å². The van der Waals surface area contributed by atoms with Crippen molar-refractivity contribution in [1.82, 2.24) is 15.4 Å². The molecule has 2 heterocycles. The molecule has 0 aliphatic rings. The lowest BCUT2D eigenvalue weighted by Crippen LogP contribution is -2.54. The van der Waals surface area contributed by atoms with Crippen LogP contribution in [0.25, 0.3) is 0 Å². The van der Waals surface area contributed by atoms with Gasteiger partial charge in [-0.05, 0) is 31.2 Å². The summed E-state index contributed by atoms with van der Waals surface area (Å²) < 4.78 is 105. The van der Waals surface area contributed by atoms with Gasteiger partial charge in [0.15, 0.2) is 5.82 Å². The Balaban J connectivity index is 1.94. The molecule has 24 heteroatoms. The van der Waals surface area contributed by atoms with E-state index in [1.165, 1.54) is 25.3 Å². The first-order chi connectivity index (χ1) is 24.1. The minimum atomic E-state index is -5.03. The molecule has 0 saturated heterocycles. The molecule has 0 fully saturated rings. The quantitative estimate of drug-likeness (QED) is 0.0683. The number of amides is 4. The Morgan fingerprint density at radius 3 is 2.12 bits per heavy atom. The second-order valence-corrected chi connectivity index (χ2v) is 10.5. The number of hydrogen-bond donors (Lipinski definition) is 2. The molecule has 0 radical (unpaired) electrons. The van der Waals surface area contributed by atoms with Gasteiger partial charge in [0.05, 0.1) is 31.3 Å². The highest BCUT2D eigenvalue weighted by Crippen LogP contribution is 2.40. The van der Waals surface area contributed by atoms with Crippen LogP contribution in [0.4, 0.5) is 63.9 Å². The predicted octanol–water partition coefficient (Wildman–Crippen LogP) is 6.60. The van der Waals surface area contributed by atoms with Gasteiger partial charge in [0.1, 0.15) is 35.2 Å². The fourth-order valence-corrected chi connectivity index (χ4v) is 4.63. The minimum Gasteiger partial charge on any atom is -0.494 e. The van der Waals surface area contributed by atoms with Crippen LogP contribution in [-0.2, 0) is 17.1 Å². The van der Waals surface area contributed by atoms with Crippen LogP contribution in [-0.4, -0.2) is 66.4 Å². The Morgan fingerprint density at radius 1 is 0.902 bits per heavy atom. The molecule has 2 aromatic heterocycles. The highest BCUT2D eigenvalue weighted by atomic mass is 32.1. The summed E-state index contributed by atoms with van der Waals surface area (Å²) in [5.41, 5.74) is -1.98. The fraction of sp³-hybridized carbons (Fsp3) is 0.296. The number of ether oxygens (including phenoxy) is 4. The van der Waals surface area contributed by atoms with Crippen molar-refractivity contribution in [3.8, 4) is 17.2 Å². The molecule has 17 nitrogen and oxygen atoms in total. The fourth-order valence-electron chi connectivity index (χ4n) is 4.03. The van der Waals surface area contributed by atoms with Crippen LogP contribution < -0.4 is 34.9 Å². The van der Waals surface area contributed by atoms with E-state index < -0.39 is 68.1 Å². The second-order valence-electron chi connectivity index (χ2n) is 9.48. The number of nitrogens with zero attached hydrogens (tertiary/aromatic N) is 6. The van der Waals surface area contributed by atoms with Crippen LogP contribution in [0.2, 0.25) is 0 Å². The number of carbonyl (C=O) groups is 2. The molecular formula is C27H24F6N8O9S. The topological polar surface area (TPSA) is 197 Å². The maximum atomic E-state index is 14.1. The molecule has 0 aliphatic carbocycles. The number of urea groups is 2. The zero-order valence-electron chi connectivity index (χ0n) is 26.2. The molecule has 4 amide bonds. The summed E-state index contributed by atoms with van der Waals surface area (Å²) in [6.45, 7) is 1.84. The lowest BCUT2D eigenvalue weighted by Gasteiger charge is -2.34. The molecule has 274 valence electrons. The normalized spacial score (nSPS) is 11.5. The van der Waals surface area contributed by atoms with E-state index in [-0.39, 0.29) is 48.4 Å². The van der Waals surface area contributed by atoms with Crippen molar-refractivity contribution in [3.05, 3.63) is 63.3 Å². The lowest BCUT2D eigenvalue weighted by molar-refractivity contribution is -0.384. The summed E-state index contributed by atoms with van der Waals surface area (Å²) >= 11 is -0.0983. The van der Waals surface area contributed by atoms with Gasteiger partial charge >= 0.3 is 24.4 Å². The molecule has 4 aromatic rings. The number of nitro groups is 1. The number of nitro benzene ring substituents is 1. The van der Waals surface area contributed by atoms with Crippen molar-refractivity contribution in [3.63, 3.8) is 0 Å². The molecule has 4 rings (SSSR count). The molecule has 0 aliphatic heterocycles. The van der Waals surface area contributed by atoms with E-state index in [1.54, 1.807) is 6.92 Å². The summed E-state index contributed by atoms with van der Waals surface area (Å²) in [7, 11) is 2.55. The van der Waals surface area contributed by atoms with Gasteiger partial charge in [-0.2, -0.15) is 36.4 Å². The standard InChI is InChI=1S/C27H24F6N8O9S/c1-4-48-14-5-7-16(18(11-14)41(44)45)39(24(42)34-21-13-20(50-38-21)26(28,29)30)40(25(43)35-23-37-36-22(51-23)27(31,32)33)17-8-6-15(12-19(17)47-3)49-10-9-46-2/h5-8,11-13H,4,9-10H2,1-3H3,(H,34,38,42)(H,35,37,43). The highest BCUT2D eigenvalue weighted by molar-refractivity contribution is 7.15. The summed E-state index contributed by atoms with van der Waals surface area (Å²) in [6, 6.07) is 3.91. The van der Waals surface area contributed by atoms with Crippen molar-refractivity contribution in [2.75, 3.05) is 54.7 Å². The van der Waals surface area contributed by atoms with E-state index in [1.807, 2.05) is 10.6 Å². The number of hydrazine groups is 1. The smallest absolute Gasteiger partial charge is 0.452 e. The van der Waals surface area contributed by atoms with Gasteiger partial charge in [0, 0.05) is 19.2 Å². The molecule has 0 atom stereocenters. The van der Waals surface area contributed by atoms with E-state index >= 15 is 0 Å². The van der Waals surface area contributed by atoms with Crippen molar-refractivity contribution < 1.29 is 64.3 Å². The van der Waals surface area contributed by atoms with Gasteiger partial charge in [-0.3, -0.25) is 20.7 Å². The SMILES string of the molecule is CCOc1ccc(N(C(=O)Nc2cc(C(F)(F)F)on2)N(C(=O)Nc2nnc(C(F)(F)F)s2)c2ccc(OCCOC)cc2OC)c([N+](=O)[O-])c1. The number of anilines is 4. The summed E-state index contributed by atoms with van der Waals surface area (Å²) in [6.07, 6.45) is -9.99. The zero-order valence-corrected chi connectivity index (χ0v) is 27.0. The van der Waals surface area contributed by atoms with Crippen molar-refractivity contribution in [2.45, 2.75) is 19.3 Å². The monoisotopic (exact) mass is 750 g/mol. The van der Waals surface area contributed by atoms with Crippen molar-refractivity contribution >= 4 is 51.4 Å². The Hall–Kier alpha value is -5.91. The summed E-state index contributed by atoms with van der Waals surface area (Å²) in [4.78, 5) is 39.5. The first-order valence-electron chi connectivity index (χ1n) is 13.9. The average molecular weight is 751 g/mol. The number of alkyl halides is 6. The molecule has 2 N–H and O–H groups in total. The van der Waals surface area contributed by atoms with Gasteiger partial charge in [-0.25, -0.2) is 9.59 Å². The maximum absolute atomic E-state index is 14.1. The Kier molecular flexibility index (Phi) is 11.7. The number of nitrogens with one attached hydrogen (secondary N) is 2. The van der Waals surface area contributed by atoms with Crippen LogP contribution >= 0.6 is 11.3 Å². The van der Waals surface area contributed by atoms with E-state index in [9.17, 15) is 46.0 Å². The van der Waals surface area contributed by atoms with E-state index in [0.717, 1.165) is 25.3 Å². The van der Waals surface area contributed by atoms with Crippen LogP contribution in [0, 0.1) is 10.1 Å². The third-order valence-corrected chi connectivity index (χ3v) is 6.99. The van der Waals surface area contributed by atoms with Crippen LogP contribution in [0.1, 0.15) is 17.7 Å². The van der Waals surface area contributed by atoms with Gasteiger partial charge in [-0.15, -0.1) is 10.2 Å². The summed E-state index contributed by atoms with van der Waals surface area (Å²) in [5.74, 6) is -2.65. The molecular weight excluding hydrogens is 726 g/mol. The Morgan fingerprint density at radius 2 is 1.55 bits per heavy atom. The first kappa shape index (κ1) is 37.9. The van der Waals surface area contributed by atoms with Gasteiger partial charge < -0.3 is 23.5 Å². The molecule has 2 aromatic carbocycles. The lowest BCUT2D eigenvalue weighted by atomic mass is 10.2. The molecule has 0 unspecified atom stereocenters. The Labute approximate surface area is 285 Å². The van der Waals surface area contributed by atoms with Gasteiger partial charge in [0.25, 0.3) is 5.69 Å². The third kappa shape index (κ3) is 9.21. The number of methoxy groups -OCH3 is 2. The van der Waals surface area contributed by atoms with Crippen LogP contribution in [0.5, 0.6) is 17.2 Å². The van der Waals surface area contributed by atoms with Crippen molar-refractivity contribution in [2.24, 2.45) is 0 Å². The number of rotatable bonds is 12. The minimum absolute atomic E-state index is 0.0479. The molecule has 51 heavy (non-hydrogen) atoms. The second kappa shape index (κ2) is 15.8.